The van der Waals surface area contributed by atoms with Crippen LogP contribution in [0.25, 0.3) is 0 Å². The van der Waals surface area contributed by atoms with Gasteiger partial charge in [-0.25, -0.2) is 9.59 Å². The summed E-state index contributed by atoms with van der Waals surface area (Å²) in [5.74, 6) is -4.41. The van der Waals surface area contributed by atoms with Crippen LogP contribution in [0.1, 0.15) is 110 Å². The van der Waals surface area contributed by atoms with E-state index in [4.69, 9.17) is 9.47 Å². The molecule has 3 aliphatic rings. The van der Waals surface area contributed by atoms with Crippen LogP contribution < -0.4 is 10.1 Å². The summed E-state index contributed by atoms with van der Waals surface area (Å²) in [6.45, 7) is 10.9. The average molecular weight is 722 g/mol. The zero-order valence-electron chi connectivity index (χ0n) is 29.3. The standard InChI is InChI=1S/C36H52F5NO6S/c1-21(2)30(42-32(45)48-33(3,4)5)31(44)47-24-10-11-25-23(20-24)19-22(29-26(25)14-16-34(6)27(29)12-13-28(34)43)9-7-17-49(46)18-8-15-35(37,38)36(39,40)41/h10-11,20-22,26-30,43H,7-9,12-19H2,1-6H3,(H,42,45)/t22-,26-,27+,28+,29-,30+,34+,49?/m1/s1. The third kappa shape index (κ3) is 9.34. The third-order valence-corrected chi connectivity index (χ3v) is 12.3. The maximum absolute atomic E-state index is 13.3. The summed E-state index contributed by atoms with van der Waals surface area (Å²) in [5.41, 5.74) is 1.28. The minimum absolute atomic E-state index is 0.155. The number of aliphatic hydroxyl groups is 1. The largest absolute Gasteiger partial charge is 0.453 e. The first-order valence-corrected chi connectivity index (χ1v) is 18.9. The molecule has 0 radical (unpaired) electrons. The van der Waals surface area contributed by atoms with Crippen molar-refractivity contribution < 1.29 is 50.3 Å². The number of rotatable bonds is 12. The van der Waals surface area contributed by atoms with Crippen LogP contribution >= 0.6 is 0 Å². The van der Waals surface area contributed by atoms with E-state index in [2.05, 4.69) is 12.2 Å². The Bertz CT molecular complexity index is 1360. The Hall–Kier alpha value is -2.28. The quantitative estimate of drug-likeness (QED) is 0.129. The van der Waals surface area contributed by atoms with Gasteiger partial charge in [0, 0.05) is 28.7 Å². The Morgan fingerprint density at radius 1 is 1.06 bits per heavy atom. The number of hydrogen-bond donors (Lipinski definition) is 2. The molecule has 2 N–H and O–H groups in total. The number of alkyl carbamates (subject to hydrolysis) is 1. The van der Waals surface area contributed by atoms with E-state index in [-0.39, 0.29) is 52.6 Å². The Balaban J connectivity index is 1.47. The highest BCUT2D eigenvalue weighted by molar-refractivity contribution is 7.84. The fraction of sp³-hybridized carbons (Fsp3) is 0.778. The van der Waals surface area contributed by atoms with E-state index in [0.29, 0.717) is 25.0 Å². The SMILES string of the molecule is CC(C)[C@H](NC(=O)OC(C)(C)C)C(=O)Oc1ccc2c(c1)C[C@@H](CCCS(=O)CCCC(F)(F)C(F)(F)F)[C@@H]1[C@@H]2CC[C@]2(C)[C@@H](O)CC[C@@H]12. The van der Waals surface area contributed by atoms with E-state index in [0.717, 1.165) is 31.2 Å². The van der Waals surface area contributed by atoms with Gasteiger partial charge in [0.15, 0.2) is 0 Å². The smallest absolute Gasteiger partial charge is 0.444 e. The van der Waals surface area contributed by atoms with Gasteiger partial charge in [-0.2, -0.15) is 22.0 Å². The van der Waals surface area contributed by atoms with Crippen molar-refractivity contribution in [3.63, 3.8) is 0 Å². The van der Waals surface area contributed by atoms with E-state index in [1.807, 2.05) is 12.1 Å². The van der Waals surface area contributed by atoms with Gasteiger partial charge in [-0.15, -0.1) is 0 Å². The van der Waals surface area contributed by atoms with Crippen molar-refractivity contribution in [1.29, 1.82) is 0 Å². The lowest BCUT2D eigenvalue weighted by atomic mass is 9.52. The van der Waals surface area contributed by atoms with E-state index in [1.165, 1.54) is 5.56 Å². The molecular formula is C36H52F5NO6S. The fourth-order valence-electron chi connectivity index (χ4n) is 8.40. The van der Waals surface area contributed by atoms with Gasteiger partial charge in [0.25, 0.3) is 0 Å². The normalized spacial score (nSPS) is 28.2. The number of amides is 1. The second-order valence-electron chi connectivity index (χ2n) is 15.8. The topological polar surface area (TPSA) is 102 Å². The van der Waals surface area contributed by atoms with Crippen LogP contribution in [-0.2, 0) is 26.8 Å². The maximum Gasteiger partial charge on any atom is 0.453 e. The van der Waals surface area contributed by atoms with Crippen molar-refractivity contribution in [3.05, 3.63) is 29.3 Å². The zero-order valence-corrected chi connectivity index (χ0v) is 30.2. The van der Waals surface area contributed by atoms with Crippen molar-refractivity contribution in [3.8, 4) is 5.75 Å². The fourth-order valence-corrected chi connectivity index (χ4v) is 9.56. The minimum Gasteiger partial charge on any atom is -0.444 e. The Morgan fingerprint density at radius 2 is 1.73 bits per heavy atom. The number of halogens is 5. The highest BCUT2D eigenvalue weighted by Crippen LogP contribution is 2.62. The molecule has 13 heteroatoms. The van der Waals surface area contributed by atoms with Crippen LogP contribution in [0.15, 0.2) is 18.2 Å². The third-order valence-electron chi connectivity index (χ3n) is 10.9. The molecule has 4 rings (SSSR count). The van der Waals surface area contributed by atoms with Crippen molar-refractivity contribution in [2.24, 2.45) is 29.1 Å². The lowest BCUT2D eigenvalue weighted by molar-refractivity contribution is -0.284. The molecule has 0 aromatic heterocycles. The molecule has 0 spiro atoms. The van der Waals surface area contributed by atoms with Crippen LogP contribution in [0, 0.1) is 29.1 Å². The molecule has 1 unspecified atom stereocenters. The number of hydrogen-bond acceptors (Lipinski definition) is 6. The van der Waals surface area contributed by atoms with Crippen LogP contribution in [0.4, 0.5) is 26.7 Å². The molecule has 2 fully saturated rings. The molecule has 278 valence electrons. The first-order chi connectivity index (χ1) is 22.6. The van der Waals surface area contributed by atoms with Crippen molar-refractivity contribution in [2.75, 3.05) is 11.5 Å². The lowest BCUT2D eigenvalue weighted by Crippen LogP contribution is -2.48. The number of fused-ring (bicyclic) bond motifs is 5. The summed E-state index contributed by atoms with van der Waals surface area (Å²) < 4.78 is 87.9. The predicted molar refractivity (Wildman–Crippen MR) is 177 cm³/mol. The molecule has 1 aromatic rings. The van der Waals surface area contributed by atoms with Crippen LogP contribution in [0.3, 0.4) is 0 Å². The molecule has 3 aliphatic carbocycles. The summed E-state index contributed by atoms with van der Waals surface area (Å²) in [6.07, 6.45) is -3.30. The number of benzene rings is 1. The van der Waals surface area contributed by atoms with Gasteiger partial charge in [-0.05, 0) is 130 Å². The average Bonchev–Trinajstić information content (AvgIpc) is 3.27. The van der Waals surface area contributed by atoms with Crippen LogP contribution in [-0.4, -0.2) is 62.7 Å². The van der Waals surface area contributed by atoms with E-state index < -0.39 is 59.4 Å². The van der Waals surface area contributed by atoms with E-state index in [1.54, 1.807) is 40.7 Å². The molecule has 0 saturated heterocycles. The van der Waals surface area contributed by atoms with Gasteiger partial charge in [-0.3, -0.25) is 4.21 Å². The first kappa shape index (κ1) is 39.5. The second-order valence-corrected chi connectivity index (χ2v) is 17.5. The monoisotopic (exact) mass is 721 g/mol. The molecule has 2 saturated carbocycles. The molecule has 1 aromatic carbocycles. The molecule has 7 nitrogen and oxygen atoms in total. The highest BCUT2D eigenvalue weighted by Gasteiger charge is 2.57. The van der Waals surface area contributed by atoms with Gasteiger partial charge >= 0.3 is 24.2 Å². The van der Waals surface area contributed by atoms with Gasteiger partial charge < -0.3 is 19.9 Å². The Labute approximate surface area is 288 Å². The molecule has 0 bridgehead atoms. The molecular weight excluding hydrogens is 669 g/mol. The molecule has 49 heavy (non-hydrogen) atoms. The molecule has 0 heterocycles. The Morgan fingerprint density at radius 3 is 2.37 bits per heavy atom. The summed E-state index contributed by atoms with van der Waals surface area (Å²) in [4.78, 5) is 25.7. The minimum atomic E-state index is -5.62. The number of nitrogens with one attached hydrogen (secondary N) is 1. The van der Waals surface area contributed by atoms with E-state index in [9.17, 15) is 40.9 Å². The van der Waals surface area contributed by atoms with E-state index >= 15 is 0 Å². The van der Waals surface area contributed by atoms with Crippen LogP contribution in [0.5, 0.6) is 5.75 Å². The molecule has 1 amide bonds. The van der Waals surface area contributed by atoms with Crippen molar-refractivity contribution in [2.45, 2.75) is 135 Å². The van der Waals surface area contributed by atoms with Gasteiger partial charge in [0.1, 0.15) is 17.4 Å². The number of esters is 1. The second kappa shape index (κ2) is 15.1. The van der Waals surface area contributed by atoms with Gasteiger partial charge in [-0.1, -0.05) is 26.8 Å². The first-order valence-electron chi connectivity index (χ1n) is 17.4. The van der Waals surface area contributed by atoms with Gasteiger partial charge in [0.2, 0.25) is 0 Å². The number of ether oxygens (including phenoxy) is 2. The van der Waals surface area contributed by atoms with Crippen molar-refractivity contribution in [1.82, 2.24) is 5.32 Å². The number of aliphatic hydroxyl groups excluding tert-OH is 1. The summed E-state index contributed by atoms with van der Waals surface area (Å²) in [6, 6.07) is 4.73. The molecule has 8 atom stereocenters. The number of carbonyl (C=O) groups excluding carboxylic acids is 2. The molecule has 0 aliphatic heterocycles. The summed E-state index contributed by atoms with van der Waals surface area (Å²) in [7, 11) is -1.53. The predicted octanol–water partition coefficient (Wildman–Crippen LogP) is 8.09. The summed E-state index contributed by atoms with van der Waals surface area (Å²) in [5, 5.41) is 13.6. The summed E-state index contributed by atoms with van der Waals surface area (Å²) >= 11 is 0. The van der Waals surface area contributed by atoms with Gasteiger partial charge in [0.05, 0.1) is 6.10 Å². The maximum atomic E-state index is 13.3. The highest BCUT2D eigenvalue weighted by atomic mass is 32.2. The zero-order chi connectivity index (χ0) is 36.5. The lowest BCUT2D eigenvalue weighted by Gasteiger charge is -2.53. The Kier molecular flexibility index (Phi) is 12.2. The van der Waals surface area contributed by atoms with Crippen LogP contribution in [0.2, 0.25) is 0 Å². The van der Waals surface area contributed by atoms with Crippen molar-refractivity contribution >= 4 is 22.9 Å². The number of alkyl halides is 5. The number of carbonyl (C=O) groups is 2.